The lowest BCUT2D eigenvalue weighted by molar-refractivity contribution is 0.0510. The van der Waals surface area contributed by atoms with Gasteiger partial charge in [-0.3, -0.25) is 4.21 Å². The number of carbonyl (C=O) groups is 1. The monoisotopic (exact) mass is 332 g/mol. The molecule has 1 aliphatic rings. The van der Waals surface area contributed by atoms with Crippen LogP contribution in [0.3, 0.4) is 0 Å². The lowest BCUT2D eigenvalue weighted by Crippen LogP contribution is -2.48. The van der Waals surface area contributed by atoms with Crippen molar-refractivity contribution in [3.05, 3.63) is 0 Å². The summed E-state index contributed by atoms with van der Waals surface area (Å²) in [4.78, 5) is 11.8. The summed E-state index contributed by atoms with van der Waals surface area (Å²) in [6.45, 7) is 8.31. The molecule has 1 fully saturated rings. The molecule has 130 valence electrons. The van der Waals surface area contributed by atoms with Gasteiger partial charge in [-0.2, -0.15) is 0 Å². The fourth-order valence-corrected chi connectivity index (χ4v) is 3.77. The van der Waals surface area contributed by atoms with Crippen molar-refractivity contribution in [2.45, 2.75) is 71.1 Å². The van der Waals surface area contributed by atoms with Crippen molar-refractivity contribution in [3.8, 4) is 0 Å². The molecule has 6 heteroatoms. The molecule has 0 aromatic heterocycles. The van der Waals surface area contributed by atoms with Gasteiger partial charge in [0.05, 0.1) is 0 Å². The third-order valence-electron chi connectivity index (χ3n) is 3.80. The number of ether oxygens (including phenoxy) is 1. The molecule has 0 radical (unpaired) electrons. The maximum Gasteiger partial charge on any atom is 0.407 e. The average Bonchev–Trinajstić information content (AvgIpc) is 2.34. The van der Waals surface area contributed by atoms with Crippen LogP contribution in [0.4, 0.5) is 4.79 Å². The predicted octanol–water partition coefficient (Wildman–Crippen LogP) is 2.43. The molecule has 0 aromatic carbocycles. The molecule has 4 atom stereocenters. The minimum Gasteiger partial charge on any atom is -0.444 e. The van der Waals surface area contributed by atoms with Gasteiger partial charge in [-0.05, 0) is 46.5 Å². The smallest absolute Gasteiger partial charge is 0.407 e. The summed E-state index contributed by atoms with van der Waals surface area (Å²) in [6, 6.07) is 0.611. The van der Waals surface area contributed by atoms with Gasteiger partial charge in [0, 0.05) is 41.4 Å². The van der Waals surface area contributed by atoms with E-state index in [2.05, 4.69) is 17.6 Å². The molecule has 5 nitrogen and oxygen atoms in total. The molecule has 4 unspecified atom stereocenters. The first-order chi connectivity index (χ1) is 10.2. The van der Waals surface area contributed by atoms with Crippen molar-refractivity contribution in [1.82, 2.24) is 10.6 Å². The lowest BCUT2D eigenvalue weighted by atomic mass is 9.84. The van der Waals surface area contributed by atoms with E-state index in [0.717, 1.165) is 12.8 Å². The summed E-state index contributed by atoms with van der Waals surface area (Å²) in [5, 5.41) is 6.48. The summed E-state index contributed by atoms with van der Waals surface area (Å²) >= 11 is 0. The molecular weight excluding hydrogens is 300 g/mol. The molecule has 0 saturated heterocycles. The van der Waals surface area contributed by atoms with Crippen molar-refractivity contribution in [2.75, 3.05) is 18.6 Å². The molecule has 0 aliphatic heterocycles. The highest BCUT2D eigenvalue weighted by Gasteiger charge is 2.27. The van der Waals surface area contributed by atoms with Crippen LogP contribution >= 0.6 is 0 Å². The number of amides is 1. The molecule has 2 N–H and O–H groups in total. The predicted molar refractivity (Wildman–Crippen MR) is 91.5 cm³/mol. The SMILES string of the molecule is CC(CS(C)=O)NC1CCCCC1CNC(=O)OC(C)(C)C. The van der Waals surface area contributed by atoms with E-state index in [-0.39, 0.29) is 12.1 Å². The Bertz CT molecular complexity index is 382. The zero-order valence-electron chi connectivity index (χ0n) is 14.6. The van der Waals surface area contributed by atoms with E-state index >= 15 is 0 Å². The van der Waals surface area contributed by atoms with Crippen LogP contribution in [0, 0.1) is 5.92 Å². The van der Waals surface area contributed by atoms with E-state index in [1.165, 1.54) is 12.8 Å². The first-order valence-electron chi connectivity index (χ1n) is 8.20. The van der Waals surface area contributed by atoms with E-state index < -0.39 is 16.4 Å². The highest BCUT2D eigenvalue weighted by atomic mass is 32.2. The normalized spacial score (nSPS) is 25.3. The quantitative estimate of drug-likeness (QED) is 0.784. The van der Waals surface area contributed by atoms with Crippen LogP contribution in [0.5, 0.6) is 0 Å². The second kappa shape index (κ2) is 8.87. The standard InChI is InChI=1S/C16H32N2O3S/c1-12(11-22(5)20)18-14-9-7-6-8-13(14)10-17-15(19)21-16(2,3)4/h12-14,18H,6-11H2,1-5H3,(H,17,19). The van der Waals surface area contributed by atoms with Gasteiger partial charge in [0.15, 0.2) is 0 Å². The number of hydrogen-bond donors (Lipinski definition) is 2. The Balaban J connectivity index is 2.44. The van der Waals surface area contributed by atoms with Crippen molar-refractivity contribution in [3.63, 3.8) is 0 Å². The van der Waals surface area contributed by atoms with Gasteiger partial charge in [0.25, 0.3) is 0 Å². The van der Waals surface area contributed by atoms with Gasteiger partial charge < -0.3 is 15.4 Å². The Labute approximate surface area is 137 Å². The third kappa shape index (κ3) is 8.13. The summed E-state index contributed by atoms with van der Waals surface area (Å²) < 4.78 is 16.6. The second-order valence-electron chi connectivity index (χ2n) is 7.34. The minimum absolute atomic E-state index is 0.234. The molecule has 1 aliphatic carbocycles. The number of nitrogens with one attached hydrogen (secondary N) is 2. The van der Waals surface area contributed by atoms with Gasteiger partial charge in [-0.15, -0.1) is 0 Å². The summed E-state index contributed by atoms with van der Waals surface area (Å²) in [7, 11) is -0.786. The third-order valence-corrected chi connectivity index (χ3v) is 4.77. The molecular formula is C16H32N2O3S. The molecule has 0 aromatic rings. The molecule has 1 saturated carbocycles. The number of hydrogen-bond acceptors (Lipinski definition) is 4. The lowest BCUT2D eigenvalue weighted by Gasteiger charge is -2.34. The Hall–Kier alpha value is -0.620. The Morgan fingerprint density at radius 1 is 1.32 bits per heavy atom. The average molecular weight is 333 g/mol. The van der Waals surface area contributed by atoms with Gasteiger partial charge >= 0.3 is 6.09 Å². The topological polar surface area (TPSA) is 67.4 Å². The highest BCUT2D eigenvalue weighted by molar-refractivity contribution is 7.84. The summed E-state index contributed by atoms with van der Waals surface area (Å²) in [5.74, 6) is 1.08. The van der Waals surface area contributed by atoms with Crippen LogP contribution in [0.15, 0.2) is 0 Å². The zero-order valence-corrected chi connectivity index (χ0v) is 15.4. The van der Waals surface area contributed by atoms with Crippen LogP contribution in [0.25, 0.3) is 0 Å². The molecule has 1 rings (SSSR count). The van der Waals surface area contributed by atoms with Crippen LogP contribution in [-0.2, 0) is 15.5 Å². The van der Waals surface area contributed by atoms with Crippen LogP contribution < -0.4 is 10.6 Å². The fraction of sp³-hybridized carbons (Fsp3) is 0.938. The van der Waals surface area contributed by atoms with Crippen LogP contribution in [0.1, 0.15) is 53.4 Å². The molecule has 22 heavy (non-hydrogen) atoms. The van der Waals surface area contributed by atoms with E-state index in [1.54, 1.807) is 6.26 Å². The molecule has 0 spiro atoms. The molecule has 0 bridgehead atoms. The Morgan fingerprint density at radius 2 is 1.95 bits per heavy atom. The van der Waals surface area contributed by atoms with Gasteiger partial charge in [0.1, 0.15) is 5.60 Å². The van der Waals surface area contributed by atoms with Gasteiger partial charge in [-0.1, -0.05) is 12.8 Å². The summed E-state index contributed by atoms with van der Waals surface area (Å²) in [6.07, 6.45) is 6.02. The number of carbonyl (C=O) groups excluding carboxylic acids is 1. The second-order valence-corrected chi connectivity index (χ2v) is 8.82. The Kier molecular flexibility index (Phi) is 7.83. The van der Waals surface area contributed by atoms with Gasteiger partial charge in [0.2, 0.25) is 0 Å². The first kappa shape index (κ1) is 19.4. The van der Waals surface area contributed by atoms with E-state index in [0.29, 0.717) is 24.3 Å². The van der Waals surface area contributed by atoms with Crippen molar-refractivity contribution in [2.24, 2.45) is 5.92 Å². The molecule has 1 amide bonds. The van der Waals surface area contributed by atoms with Gasteiger partial charge in [-0.25, -0.2) is 4.79 Å². The number of rotatable bonds is 6. The Morgan fingerprint density at radius 3 is 2.55 bits per heavy atom. The zero-order chi connectivity index (χ0) is 16.8. The van der Waals surface area contributed by atoms with Crippen LogP contribution in [0.2, 0.25) is 0 Å². The van der Waals surface area contributed by atoms with Crippen molar-refractivity contribution >= 4 is 16.9 Å². The largest absolute Gasteiger partial charge is 0.444 e. The summed E-state index contributed by atoms with van der Waals surface area (Å²) in [5.41, 5.74) is -0.464. The van der Waals surface area contributed by atoms with Crippen LogP contribution in [-0.4, -0.2) is 46.5 Å². The first-order valence-corrected chi connectivity index (χ1v) is 9.93. The number of alkyl carbamates (subject to hydrolysis) is 1. The fourth-order valence-electron chi connectivity index (χ4n) is 2.97. The van der Waals surface area contributed by atoms with Crippen molar-refractivity contribution < 1.29 is 13.7 Å². The van der Waals surface area contributed by atoms with E-state index in [4.69, 9.17) is 4.74 Å². The maximum atomic E-state index is 11.8. The minimum atomic E-state index is -0.786. The highest BCUT2D eigenvalue weighted by Crippen LogP contribution is 2.24. The van der Waals surface area contributed by atoms with E-state index in [1.807, 2.05) is 20.8 Å². The maximum absolute atomic E-state index is 11.8. The van der Waals surface area contributed by atoms with Crippen molar-refractivity contribution in [1.29, 1.82) is 0 Å². The van der Waals surface area contributed by atoms with E-state index in [9.17, 15) is 9.00 Å². The molecule has 0 heterocycles.